The molecule has 1 heterocycles. The van der Waals surface area contributed by atoms with Crippen molar-refractivity contribution in [1.82, 2.24) is 15.5 Å². The second kappa shape index (κ2) is 15.2. The van der Waals surface area contributed by atoms with Crippen molar-refractivity contribution in [2.24, 2.45) is 10.4 Å². The molecule has 0 bridgehead atoms. The molecule has 0 radical (unpaired) electrons. The first-order valence-electron chi connectivity index (χ1n) is 11.9. The molecule has 8 heteroatoms. The molecule has 32 heavy (non-hydrogen) atoms. The maximum atomic E-state index is 12.4. The summed E-state index contributed by atoms with van der Waals surface area (Å²) < 4.78 is 18.0. The average Bonchev–Trinajstić information content (AvgIpc) is 2.79. The minimum Gasteiger partial charge on any atom is -0.379 e. The summed E-state index contributed by atoms with van der Waals surface area (Å²) in [5.74, 6) is 2.09. The number of guanidine groups is 1. The summed E-state index contributed by atoms with van der Waals surface area (Å²) in [4.78, 5) is 7.56. The lowest BCUT2D eigenvalue weighted by atomic mass is 9.73. The van der Waals surface area contributed by atoms with Gasteiger partial charge in [-0.25, -0.2) is 0 Å². The standard InChI is InChI=1S/C24H40N4O2S.HI/c1-2-25-23(26-13-18-31(29)19-22-9-5-3-6-10-22)27-20-24(11-7-4-8-12-24)21-28-14-16-30-17-15-28;/h3,5-6,9-10H,2,4,7-8,11-21H2,1H3,(H2,25,26,27);1H. The highest BCUT2D eigenvalue weighted by Crippen LogP contribution is 2.37. The Kier molecular flexibility index (Phi) is 13.1. The van der Waals surface area contributed by atoms with Crippen LogP contribution in [-0.4, -0.2) is 73.3 Å². The fourth-order valence-electron chi connectivity index (χ4n) is 4.61. The second-order valence-corrected chi connectivity index (χ2v) is 10.4. The van der Waals surface area contributed by atoms with Crippen molar-refractivity contribution in [2.75, 3.05) is 58.2 Å². The van der Waals surface area contributed by atoms with Crippen LogP contribution in [0.1, 0.15) is 44.6 Å². The van der Waals surface area contributed by atoms with Crippen LogP contribution in [0.4, 0.5) is 0 Å². The Hall–Kier alpha value is -0.710. The molecule has 2 fully saturated rings. The van der Waals surface area contributed by atoms with Crippen LogP contribution in [0.5, 0.6) is 0 Å². The van der Waals surface area contributed by atoms with Gasteiger partial charge >= 0.3 is 0 Å². The topological polar surface area (TPSA) is 66.0 Å². The molecule has 3 rings (SSSR count). The third-order valence-electron chi connectivity index (χ3n) is 6.29. The summed E-state index contributed by atoms with van der Waals surface area (Å²) in [6, 6.07) is 10.1. The van der Waals surface area contributed by atoms with Gasteiger partial charge in [0.1, 0.15) is 0 Å². The second-order valence-electron chi connectivity index (χ2n) is 8.85. The molecule has 2 aliphatic rings. The van der Waals surface area contributed by atoms with E-state index < -0.39 is 10.8 Å². The van der Waals surface area contributed by atoms with Crippen LogP contribution in [-0.2, 0) is 21.3 Å². The van der Waals surface area contributed by atoms with Crippen LogP contribution in [0, 0.1) is 5.41 Å². The van der Waals surface area contributed by atoms with E-state index in [2.05, 4.69) is 22.5 Å². The van der Waals surface area contributed by atoms with Gasteiger partial charge in [-0.2, -0.15) is 0 Å². The Bertz CT molecular complexity index is 692. The molecule has 2 N–H and O–H groups in total. The third-order valence-corrected chi connectivity index (χ3v) is 7.60. The molecule has 6 nitrogen and oxygen atoms in total. The minimum atomic E-state index is -0.877. The fourth-order valence-corrected chi connectivity index (χ4v) is 5.64. The van der Waals surface area contributed by atoms with E-state index in [0.717, 1.165) is 57.5 Å². The predicted octanol–water partition coefficient (Wildman–Crippen LogP) is 3.39. The maximum absolute atomic E-state index is 12.4. The van der Waals surface area contributed by atoms with Crippen molar-refractivity contribution in [3.05, 3.63) is 35.9 Å². The van der Waals surface area contributed by atoms with E-state index in [-0.39, 0.29) is 29.4 Å². The van der Waals surface area contributed by atoms with Gasteiger partial charge in [0, 0.05) is 67.0 Å². The van der Waals surface area contributed by atoms with Gasteiger partial charge in [-0.1, -0.05) is 49.6 Å². The molecule has 0 amide bonds. The Balaban J connectivity index is 0.00000363. The predicted molar refractivity (Wildman–Crippen MR) is 145 cm³/mol. The van der Waals surface area contributed by atoms with Gasteiger partial charge < -0.3 is 15.4 Å². The lowest BCUT2D eigenvalue weighted by Gasteiger charge is -2.41. The monoisotopic (exact) mass is 576 g/mol. The zero-order valence-electron chi connectivity index (χ0n) is 19.5. The summed E-state index contributed by atoms with van der Waals surface area (Å²) in [5, 5.41) is 6.78. The summed E-state index contributed by atoms with van der Waals surface area (Å²) in [6.45, 7) is 9.35. The summed E-state index contributed by atoms with van der Waals surface area (Å²) >= 11 is 0. The van der Waals surface area contributed by atoms with Gasteiger partial charge in [-0.05, 0) is 25.3 Å². The number of ether oxygens (including phenoxy) is 1. The molecular formula is C24H41IN4O2S. The number of benzene rings is 1. The molecule has 1 aromatic carbocycles. The largest absolute Gasteiger partial charge is 0.379 e. The van der Waals surface area contributed by atoms with Crippen LogP contribution in [0.25, 0.3) is 0 Å². The Morgan fingerprint density at radius 1 is 1.12 bits per heavy atom. The van der Waals surface area contributed by atoms with Crippen LogP contribution < -0.4 is 10.6 Å². The molecule has 1 aliphatic heterocycles. The van der Waals surface area contributed by atoms with Gasteiger partial charge in [0.15, 0.2) is 5.96 Å². The van der Waals surface area contributed by atoms with Gasteiger partial charge in [-0.3, -0.25) is 14.1 Å². The number of nitrogens with one attached hydrogen (secondary N) is 2. The first-order chi connectivity index (χ1) is 15.2. The van der Waals surface area contributed by atoms with Gasteiger partial charge in [-0.15, -0.1) is 24.0 Å². The molecule has 1 saturated carbocycles. The van der Waals surface area contributed by atoms with Gasteiger partial charge in [0.25, 0.3) is 0 Å². The fraction of sp³-hybridized carbons (Fsp3) is 0.708. The Morgan fingerprint density at radius 2 is 1.84 bits per heavy atom. The number of hydrogen-bond donors (Lipinski definition) is 2. The van der Waals surface area contributed by atoms with E-state index in [0.29, 0.717) is 18.1 Å². The highest BCUT2D eigenvalue weighted by molar-refractivity contribution is 14.0. The number of rotatable bonds is 10. The molecule has 1 aromatic rings. The highest BCUT2D eigenvalue weighted by Gasteiger charge is 2.34. The molecule has 0 spiro atoms. The molecule has 0 aromatic heterocycles. The highest BCUT2D eigenvalue weighted by atomic mass is 127. The van der Waals surface area contributed by atoms with E-state index in [1.165, 1.54) is 32.1 Å². The normalized spacial score (nSPS) is 20.2. The van der Waals surface area contributed by atoms with Gasteiger partial charge in [0.05, 0.1) is 13.2 Å². The van der Waals surface area contributed by atoms with E-state index in [1.54, 1.807) is 0 Å². The van der Waals surface area contributed by atoms with Crippen molar-refractivity contribution < 1.29 is 8.95 Å². The zero-order chi connectivity index (χ0) is 21.8. The lowest BCUT2D eigenvalue weighted by molar-refractivity contribution is 0.00937. The van der Waals surface area contributed by atoms with Crippen LogP contribution in [0.15, 0.2) is 35.3 Å². The first-order valence-corrected chi connectivity index (χ1v) is 13.4. The van der Waals surface area contributed by atoms with E-state index >= 15 is 0 Å². The van der Waals surface area contributed by atoms with Crippen LogP contribution >= 0.6 is 24.0 Å². The molecule has 1 aliphatic carbocycles. The number of halogens is 1. The number of hydrogen-bond acceptors (Lipinski definition) is 4. The smallest absolute Gasteiger partial charge is 0.191 e. The van der Waals surface area contributed by atoms with E-state index in [9.17, 15) is 4.21 Å². The minimum absolute atomic E-state index is 0. The van der Waals surface area contributed by atoms with Crippen molar-refractivity contribution in [2.45, 2.75) is 44.8 Å². The Labute approximate surface area is 213 Å². The average molecular weight is 577 g/mol. The van der Waals surface area contributed by atoms with Crippen LogP contribution in [0.3, 0.4) is 0 Å². The van der Waals surface area contributed by atoms with Crippen molar-refractivity contribution in [1.29, 1.82) is 0 Å². The Morgan fingerprint density at radius 3 is 2.53 bits per heavy atom. The SMILES string of the molecule is CCNC(=NCC1(CN2CCOCC2)CCCCC1)NCCS(=O)Cc1ccccc1.I. The number of morpholine rings is 1. The van der Waals surface area contributed by atoms with E-state index in [4.69, 9.17) is 9.73 Å². The maximum Gasteiger partial charge on any atom is 0.191 e. The molecule has 1 unspecified atom stereocenters. The summed E-state index contributed by atoms with van der Waals surface area (Å²) in [5.41, 5.74) is 1.40. The molecule has 1 saturated heterocycles. The molecular weight excluding hydrogens is 535 g/mol. The molecule has 182 valence electrons. The van der Waals surface area contributed by atoms with Crippen molar-refractivity contribution in [3.63, 3.8) is 0 Å². The third kappa shape index (κ3) is 9.65. The van der Waals surface area contributed by atoms with Crippen molar-refractivity contribution in [3.8, 4) is 0 Å². The van der Waals surface area contributed by atoms with Crippen molar-refractivity contribution >= 4 is 40.7 Å². The lowest BCUT2D eigenvalue weighted by Crippen LogP contribution is -2.47. The summed E-state index contributed by atoms with van der Waals surface area (Å²) in [7, 11) is -0.877. The quantitative estimate of drug-likeness (QED) is 0.254. The van der Waals surface area contributed by atoms with E-state index in [1.807, 2.05) is 30.3 Å². The van der Waals surface area contributed by atoms with Crippen LogP contribution in [0.2, 0.25) is 0 Å². The van der Waals surface area contributed by atoms with Gasteiger partial charge in [0.2, 0.25) is 0 Å². The first kappa shape index (κ1) is 27.5. The summed E-state index contributed by atoms with van der Waals surface area (Å²) in [6.07, 6.45) is 6.48. The zero-order valence-corrected chi connectivity index (χ0v) is 22.7. The number of aliphatic imine (C=N–C) groups is 1. The molecule has 1 atom stereocenters. The number of nitrogens with zero attached hydrogens (tertiary/aromatic N) is 2.